The van der Waals surface area contributed by atoms with Gasteiger partial charge in [-0.25, -0.2) is 4.79 Å². The molecule has 0 radical (unpaired) electrons. The van der Waals surface area contributed by atoms with Crippen LogP contribution >= 0.6 is 0 Å². The minimum Gasteiger partial charge on any atom is -0.494 e. The Bertz CT molecular complexity index is 919. The van der Waals surface area contributed by atoms with Gasteiger partial charge in [0.2, 0.25) is 0 Å². The van der Waals surface area contributed by atoms with Crippen molar-refractivity contribution in [1.82, 2.24) is 0 Å². The van der Waals surface area contributed by atoms with Crippen LogP contribution in [0.2, 0.25) is 0 Å². The van der Waals surface area contributed by atoms with Gasteiger partial charge in [-0.2, -0.15) is 0 Å². The highest BCUT2D eigenvalue weighted by Gasteiger charge is 2.35. The van der Waals surface area contributed by atoms with E-state index in [0.717, 1.165) is 37.0 Å². The van der Waals surface area contributed by atoms with Crippen LogP contribution in [0, 0.1) is 0 Å². The lowest BCUT2D eigenvalue weighted by Crippen LogP contribution is -2.09. The molecule has 0 unspecified atom stereocenters. The molecule has 2 aromatic rings. The van der Waals surface area contributed by atoms with Crippen molar-refractivity contribution in [3.63, 3.8) is 0 Å². The maximum Gasteiger partial charge on any atom is 0.343 e. The number of hydrogen-bond acceptors (Lipinski definition) is 5. The van der Waals surface area contributed by atoms with Crippen molar-refractivity contribution in [2.45, 2.75) is 103 Å². The third-order valence-electron chi connectivity index (χ3n) is 6.80. The Balaban J connectivity index is 1.42. The zero-order valence-electron chi connectivity index (χ0n) is 22.0. The Labute approximate surface area is 216 Å². The van der Waals surface area contributed by atoms with Crippen molar-refractivity contribution in [2.24, 2.45) is 0 Å². The quantitative estimate of drug-likeness (QED) is 0.134. The second kappa shape index (κ2) is 15.3. The topological polar surface area (TPSA) is 61.8 Å². The van der Waals surface area contributed by atoms with Gasteiger partial charge in [-0.3, -0.25) is 4.79 Å². The van der Waals surface area contributed by atoms with Crippen LogP contribution < -0.4 is 9.47 Å². The molecule has 5 heteroatoms. The number of cyclic esters (lactones) is 1. The summed E-state index contributed by atoms with van der Waals surface area (Å²) in [7, 11) is 0. The van der Waals surface area contributed by atoms with Gasteiger partial charge >= 0.3 is 11.9 Å². The van der Waals surface area contributed by atoms with E-state index >= 15 is 0 Å². The van der Waals surface area contributed by atoms with Crippen LogP contribution in [0.25, 0.3) is 0 Å². The van der Waals surface area contributed by atoms with Crippen LogP contribution in [-0.2, 0) is 9.53 Å². The first-order chi connectivity index (χ1) is 17.6. The molecule has 1 aliphatic heterocycles. The van der Waals surface area contributed by atoms with Crippen LogP contribution in [0.1, 0.15) is 113 Å². The summed E-state index contributed by atoms with van der Waals surface area (Å²) in [4.78, 5) is 24.9. The molecular formula is C31H42O5. The zero-order valence-corrected chi connectivity index (χ0v) is 22.0. The van der Waals surface area contributed by atoms with Gasteiger partial charge in [-0.15, -0.1) is 0 Å². The largest absolute Gasteiger partial charge is 0.494 e. The standard InChI is InChI=1S/C31H42O5/c1-3-5-7-9-10-12-22-34-26-18-16-25(17-19-26)30(32)35-27-20-14-24(15-21-27)29-23-28(36-31(29)33)13-11-8-6-4-2/h14-21,28-29H,3-13,22-23H2,1-2H3/t28-,29-/m0/s1. The minimum absolute atomic E-state index is 0.00889. The summed E-state index contributed by atoms with van der Waals surface area (Å²) in [6.45, 7) is 5.10. The molecule has 196 valence electrons. The minimum atomic E-state index is -0.419. The summed E-state index contributed by atoms with van der Waals surface area (Å²) in [6.07, 6.45) is 13.7. The summed E-state index contributed by atoms with van der Waals surface area (Å²) >= 11 is 0. The van der Waals surface area contributed by atoms with Gasteiger partial charge in [0, 0.05) is 6.42 Å². The van der Waals surface area contributed by atoms with E-state index in [4.69, 9.17) is 14.2 Å². The first-order valence-electron chi connectivity index (χ1n) is 13.9. The number of unbranched alkanes of at least 4 members (excludes halogenated alkanes) is 8. The SMILES string of the molecule is CCCCCCCCOc1ccc(C(=O)Oc2ccc([C@@H]3C[C@H](CCCCCC)OC3=O)cc2)cc1. The van der Waals surface area contributed by atoms with Crippen molar-refractivity contribution < 1.29 is 23.8 Å². The van der Waals surface area contributed by atoms with Gasteiger partial charge in [-0.05, 0) is 61.2 Å². The van der Waals surface area contributed by atoms with Crippen molar-refractivity contribution in [2.75, 3.05) is 6.61 Å². The highest BCUT2D eigenvalue weighted by molar-refractivity contribution is 5.91. The van der Waals surface area contributed by atoms with Crippen molar-refractivity contribution in [3.05, 3.63) is 59.7 Å². The average molecular weight is 495 g/mol. The molecule has 0 aromatic heterocycles. The van der Waals surface area contributed by atoms with E-state index in [2.05, 4.69) is 13.8 Å². The molecule has 0 bridgehead atoms. The Morgan fingerprint density at radius 3 is 2.11 bits per heavy atom. The first kappa shape index (κ1) is 27.8. The highest BCUT2D eigenvalue weighted by atomic mass is 16.6. The lowest BCUT2D eigenvalue weighted by Gasteiger charge is -2.09. The zero-order chi connectivity index (χ0) is 25.6. The molecule has 5 nitrogen and oxygen atoms in total. The summed E-state index contributed by atoms with van der Waals surface area (Å²) in [6, 6.07) is 14.3. The van der Waals surface area contributed by atoms with Gasteiger partial charge in [0.25, 0.3) is 0 Å². The second-order valence-electron chi connectivity index (χ2n) is 9.80. The number of benzene rings is 2. The Hall–Kier alpha value is -2.82. The predicted molar refractivity (Wildman–Crippen MR) is 143 cm³/mol. The van der Waals surface area contributed by atoms with E-state index in [1.165, 1.54) is 51.4 Å². The van der Waals surface area contributed by atoms with E-state index in [-0.39, 0.29) is 18.0 Å². The van der Waals surface area contributed by atoms with E-state index in [1.807, 2.05) is 12.1 Å². The van der Waals surface area contributed by atoms with E-state index < -0.39 is 5.97 Å². The molecule has 0 N–H and O–H groups in total. The molecule has 0 saturated carbocycles. The fraction of sp³-hybridized carbons (Fsp3) is 0.548. The molecular weight excluding hydrogens is 452 g/mol. The number of carbonyl (C=O) groups is 2. The van der Waals surface area contributed by atoms with Crippen molar-refractivity contribution in [1.29, 1.82) is 0 Å². The van der Waals surface area contributed by atoms with E-state index in [1.54, 1.807) is 36.4 Å². The fourth-order valence-electron chi connectivity index (χ4n) is 4.60. The van der Waals surface area contributed by atoms with Crippen molar-refractivity contribution >= 4 is 11.9 Å². The first-order valence-corrected chi connectivity index (χ1v) is 13.9. The number of esters is 2. The van der Waals surface area contributed by atoms with Gasteiger partial charge < -0.3 is 14.2 Å². The molecule has 3 rings (SSSR count). The molecule has 1 heterocycles. The molecule has 2 atom stereocenters. The van der Waals surface area contributed by atoms with Gasteiger partial charge in [-0.1, -0.05) is 77.3 Å². The molecule has 1 saturated heterocycles. The normalized spacial score (nSPS) is 17.1. The summed E-state index contributed by atoms with van der Waals surface area (Å²) in [5.41, 5.74) is 1.37. The van der Waals surface area contributed by atoms with Crippen LogP contribution in [0.5, 0.6) is 11.5 Å². The average Bonchev–Trinajstić information content (AvgIpc) is 3.27. The number of hydrogen-bond donors (Lipinski definition) is 0. The molecule has 36 heavy (non-hydrogen) atoms. The monoisotopic (exact) mass is 494 g/mol. The summed E-state index contributed by atoms with van der Waals surface area (Å²) < 4.78 is 16.9. The predicted octanol–water partition coefficient (Wildman–Crippen LogP) is 8.01. The second-order valence-corrected chi connectivity index (χ2v) is 9.80. The lowest BCUT2D eigenvalue weighted by molar-refractivity contribution is -0.142. The van der Waals surface area contributed by atoms with Gasteiger partial charge in [0.1, 0.15) is 17.6 Å². The van der Waals surface area contributed by atoms with Crippen LogP contribution in [0.4, 0.5) is 0 Å². The Morgan fingerprint density at radius 2 is 1.42 bits per heavy atom. The number of carbonyl (C=O) groups excluding carboxylic acids is 2. The number of rotatable bonds is 16. The van der Waals surface area contributed by atoms with Gasteiger partial charge in [0.15, 0.2) is 0 Å². The maximum atomic E-state index is 12.6. The summed E-state index contributed by atoms with van der Waals surface area (Å²) in [5, 5.41) is 0. The van der Waals surface area contributed by atoms with Gasteiger partial charge in [0.05, 0.1) is 18.1 Å². The molecule has 0 aliphatic carbocycles. The maximum absolute atomic E-state index is 12.6. The highest BCUT2D eigenvalue weighted by Crippen LogP contribution is 2.34. The molecule has 0 spiro atoms. The van der Waals surface area contributed by atoms with Crippen LogP contribution in [0.15, 0.2) is 48.5 Å². The van der Waals surface area contributed by atoms with Crippen LogP contribution in [0.3, 0.4) is 0 Å². The molecule has 2 aromatic carbocycles. The molecule has 0 amide bonds. The van der Waals surface area contributed by atoms with Crippen molar-refractivity contribution in [3.8, 4) is 11.5 Å². The number of ether oxygens (including phenoxy) is 3. The summed E-state index contributed by atoms with van der Waals surface area (Å²) in [5.74, 6) is 0.401. The smallest absolute Gasteiger partial charge is 0.343 e. The third-order valence-corrected chi connectivity index (χ3v) is 6.80. The van der Waals surface area contributed by atoms with Crippen LogP contribution in [-0.4, -0.2) is 24.6 Å². The Morgan fingerprint density at radius 1 is 0.806 bits per heavy atom. The van der Waals surface area contributed by atoms with E-state index in [0.29, 0.717) is 17.9 Å². The lowest BCUT2D eigenvalue weighted by atomic mass is 9.94. The van der Waals surface area contributed by atoms with E-state index in [9.17, 15) is 9.59 Å². The molecule has 1 fully saturated rings. The Kier molecular flexibility index (Phi) is 11.8. The third kappa shape index (κ3) is 9.00. The molecule has 1 aliphatic rings. The fourth-order valence-corrected chi connectivity index (χ4v) is 4.60.